The van der Waals surface area contributed by atoms with Gasteiger partial charge in [0.15, 0.2) is 0 Å². The summed E-state index contributed by atoms with van der Waals surface area (Å²) in [5, 5.41) is 6.19. The van der Waals surface area contributed by atoms with Gasteiger partial charge in [0.05, 0.1) is 18.2 Å². The van der Waals surface area contributed by atoms with E-state index >= 15 is 0 Å². The van der Waals surface area contributed by atoms with Gasteiger partial charge < -0.3 is 16.4 Å². The van der Waals surface area contributed by atoms with Gasteiger partial charge in [-0.1, -0.05) is 68.0 Å². The first-order valence-electron chi connectivity index (χ1n) is 14.0. The van der Waals surface area contributed by atoms with Gasteiger partial charge in [0.2, 0.25) is 0 Å². The van der Waals surface area contributed by atoms with Gasteiger partial charge in [0.1, 0.15) is 17.5 Å². The van der Waals surface area contributed by atoms with Crippen molar-refractivity contribution in [2.75, 3.05) is 12.8 Å². The number of aryl methyl sites for hydroxylation is 1. The highest BCUT2D eigenvalue weighted by molar-refractivity contribution is 8.07. The molecular formula is C34H40FN5OS. The lowest BCUT2D eigenvalue weighted by Crippen LogP contribution is -2.34. The molecule has 1 heterocycles. The molecule has 1 aliphatic heterocycles. The number of thioether (sulfide) groups is 1. The number of benzene rings is 2. The molecule has 0 aliphatic carbocycles. The highest BCUT2D eigenvalue weighted by atomic mass is 32.2. The molecule has 6 nitrogen and oxygen atoms in total. The lowest BCUT2D eigenvalue weighted by molar-refractivity contribution is -0.117. The second-order valence-electron chi connectivity index (χ2n) is 9.87. The fourth-order valence-electron chi connectivity index (χ4n) is 4.39. The van der Waals surface area contributed by atoms with Crippen LogP contribution in [0.5, 0.6) is 0 Å². The molecule has 0 fully saturated rings. The van der Waals surface area contributed by atoms with E-state index < -0.39 is 0 Å². The van der Waals surface area contributed by atoms with Gasteiger partial charge in [0, 0.05) is 22.9 Å². The summed E-state index contributed by atoms with van der Waals surface area (Å²) in [5.74, 6) is 0.412. The van der Waals surface area contributed by atoms with E-state index in [1.54, 1.807) is 23.9 Å². The number of amidine groups is 2. The van der Waals surface area contributed by atoms with E-state index in [1.165, 1.54) is 18.3 Å². The number of rotatable bonds is 12. The fraction of sp³-hybridized carbons (Fsp3) is 0.265. The smallest absolute Gasteiger partial charge is 0.255 e. The Hall–Kier alpha value is -4.17. The molecule has 2 aromatic carbocycles. The molecule has 0 spiro atoms. The molecule has 8 heteroatoms. The van der Waals surface area contributed by atoms with Crippen LogP contribution in [0.15, 0.2) is 107 Å². The van der Waals surface area contributed by atoms with Crippen LogP contribution in [0.4, 0.5) is 4.39 Å². The van der Waals surface area contributed by atoms with Crippen molar-refractivity contribution in [2.45, 2.75) is 46.1 Å². The number of nitrogens with two attached hydrogens (primary N) is 1. The highest BCUT2D eigenvalue weighted by Gasteiger charge is 2.20. The summed E-state index contributed by atoms with van der Waals surface area (Å²) in [4.78, 5) is 23.2. The molecule has 1 unspecified atom stereocenters. The predicted octanol–water partition coefficient (Wildman–Crippen LogP) is 6.99. The Morgan fingerprint density at radius 1 is 1.26 bits per heavy atom. The monoisotopic (exact) mass is 585 g/mol. The zero-order valence-corrected chi connectivity index (χ0v) is 25.6. The van der Waals surface area contributed by atoms with E-state index in [-0.39, 0.29) is 17.8 Å². The van der Waals surface area contributed by atoms with Crippen LogP contribution >= 0.6 is 11.8 Å². The van der Waals surface area contributed by atoms with E-state index in [9.17, 15) is 9.18 Å². The number of carbonyl (C=O) groups is 1. The molecule has 1 atom stereocenters. The Kier molecular flexibility index (Phi) is 12.6. The average molecular weight is 586 g/mol. The third kappa shape index (κ3) is 9.17. The number of nitrogens with zero attached hydrogens (tertiary/aromatic N) is 2. The van der Waals surface area contributed by atoms with Crippen LogP contribution in [0.3, 0.4) is 0 Å². The number of carbonyl (C=O) groups excluding carboxylic acids is 1. The normalized spacial score (nSPS) is 16.0. The van der Waals surface area contributed by atoms with Crippen LogP contribution in [-0.2, 0) is 11.2 Å². The lowest BCUT2D eigenvalue weighted by atomic mass is 9.99. The van der Waals surface area contributed by atoms with E-state index in [2.05, 4.69) is 52.3 Å². The Morgan fingerprint density at radius 2 is 2.02 bits per heavy atom. The SMILES string of the molecule is C=CN=C(N)c1cc(/C(=C/C=C/CN=C2NC=C(C)CC=C2C(=O)NC(C)c2ccc(F)cc2)SC)ccc1CCC. The third-order valence-corrected chi connectivity index (χ3v) is 7.49. The van der Waals surface area contributed by atoms with E-state index in [1.807, 2.05) is 50.6 Å². The molecule has 0 radical (unpaired) electrons. The lowest BCUT2D eigenvalue weighted by Gasteiger charge is -2.16. The van der Waals surface area contributed by atoms with Crippen molar-refractivity contribution in [1.29, 1.82) is 0 Å². The third-order valence-electron chi connectivity index (χ3n) is 6.68. The molecule has 3 rings (SSSR count). The Labute approximate surface area is 253 Å². The van der Waals surface area contributed by atoms with Crippen molar-refractivity contribution in [1.82, 2.24) is 10.6 Å². The molecule has 4 N–H and O–H groups in total. The summed E-state index contributed by atoms with van der Waals surface area (Å²) >= 11 is 1.64. The van der Waals surface area contributed by atoms with Gasteiger partial charge in [-0.05, 0) is 73.9 Å². The van der Waals surface area contributed by atoms with Crippen molar-refractivity contribution < 1.29 is 9.18 Å². The minimum absolute atomic E-state index is 0.240. The van der Waals surface area contributed by atoms with Gasteiger partial charge in [0.25, 0.3) is 5.91 Å². The standard InChI is InChI=1S/C34H40FN5OS/c1-6-10-26-13-14-27(21-30(26)32(36)37-7-2)31(42-5)11-8-9-20-38-33-29(19-12-23(3)22-39-33)34(41)40-24(4)25-15-17-28(35)18-16-25/h7-9,11,13-19,21-22,24H,2,6,10,12,20H2,1,3-5H3,(H2,36,37)(H,38,39)(H,40,41)/b9-8+,31-11-. The van der Waals surface area contributed by atoms with Crippen LogP contribution in [0.1, 0.15) is 61.9 Å². The number of hydrogen-bond donors (Lipinski definition) is 3. The number of aliphatic imine (C=N–C) groups is 2. The van der Waals surface area contributed by atoms with Gasteiger partial charge in [-0.15, -0.1) is 11.8 Å². The maximum atomic E-state index is 13.3. The van der Waals surface area contributed by atoms with Crippen molar-refractivity contribution in [3.63, 3.8) is 0 Å². The minimum Gasteiger partial charge on any atom is -0.383 e. The molecule has 220 valence electrons. The average Bonchev–Trinajstić information content (AvgIpc) is 3.17. The van der Waals surface area contributed by atoms with Crippen LogP contribution in [0, 0.1) is 5.82 Å². The van der Waals surface area contributed by atoms with Crippen LogP contribution in [0.2, 0.25) is 0 Å². The van der Waals surface area contributed by atoms with Gasteiger partial charge in [-0.3, -0.25) is 9.79 Å². The zero-order valence-electron chi connectivity index (χ0n) is 24.8. The minimum atomic E-state index is -0.311. The number of nitrogens with one attached hydrogen (secondary N) is 2. The fourth-order valence-corrected chi connectivity index (χ4v) is 4.97. The second-order valence-corrected chi connectivity index (χ2v) is 10.7. The molecule has 42 heavy (non-hydrogen) atoms. The van der Waals surface area contributed by atoms with Crippen molar-refractivity contribution in [3.8, 4) is 0 Å². The van der Waals surface area contributed by atoms with E-state index in [0.29, 0.717) is 30.2 Å². The zero-order chi connectivity index (χ0) is 30.5. The number of halogens is 1. The molecule has 2 aromatic rings. The summed E-state index contributed by atoms with van der Waals surface area (Å²) in [7, 11) is 0. The first-order chi connectivity index (χ1) is 20.3. The topological polar surface area (TPSA) is 91.9 Å². The number of hydrogen-bond acceptors (Lipinski definition) is 4. The summed E-state index contributed by atoms with van der Waals surface area (Å²) < 4.78 is 13.3. The second kappa shape index (κ2) is 16.3. The molecular weight excluding hydrogens is 545 g/mol. The largest absolute Gasteiger partial charge is 0.383 e. The van der Waals surface area contributed by atoms with Gasteiger partial charge >= 0.3 is 0 Å². The highest BCUT2D eigenvalue weighted by Crippen LogP contribution is 2.28. The maximum absolute atomic E-state index is 13.3. The van der Waals surface area contributed by atoms with Gasteiger partial charge in [-0.25, -0.2) is 9.38 Å². The first kappa shape index (κ1) is 32.3. The molecule has 0 aromatic heterocycles. The number of amides is 1. The van der Waals surface area contributed by atoms with Crippen molar-refractivity contribution in [3.05, 3.63) is 125 Å². The Bertz CT molecular complexity index is 1450. The Balaban J connectivity index is 1.76. The molecule has 1 amide bonds. The first-order valence-corrected chi connectivity index (χ1v) is 15.2. The van der Waals surface area contributed by atoms with Crippen molar-refractivity contribution in [2.24, 2.45) is 15.7 Å². The van der Waals surface area contributed by atoms with Crippen LogP contribution < -0.4 is 16.4 Å². The quantitative estimate of drug-likeness (QED) is 0.142. The molecule has 0 saturated carbocycles. The van der Waals surface area contributed by atoms with Gasteiger partial charge in [-0.2, -0.15) is 0 Å². The Morgan fingerprint density at radius 3 is 2.71 bits per heavy atom. The number of allylic oxidation sites excluding steroid dienone is 4. The molecule has 0 bridgehead atoms. The van der Waals surface area contributed by atoms with Crippen LogP contribution in [-0.4, -0.2) is 30.4 Å². The van der Waals surface area contributed by atoms with E-state index in [0.717, 1.165) is 45.6 Å². The molecule has 0 saturated heterocycles. The van der Waals surface area contributed by atoms with Crippen LogP contribution in [0.25, 0.3) is 4.91 Å². The predicted molar refractivity (Wildman–Crippen MR) is 177 cm³/mol. The van der Waals surface area contributed by atoms with Crippen molar-refractivity contribution >= 4 is 34.2 Å². The summed E-state index contributed by atoms with van der Waals surface area (Å²) in [6.07, 6.45) is 15.8. The summed E-state index contributed by atoms with van der Waals surface area (Å²) in [6.45, 7) is 10.1. The summed E-state index contributed by atoms with van der Waals surface area (Å²) in [6, 6.07) is 12.1. The molecule has 1 aliphatic rings. The maximum Gasteiger partial charge on any atom is 0.255 e. The van der Waals surface area contributed by atoms with E-state index in [4.69, 9.17) is 5.73 Å². The summed E-state index contributed by atoms with van der Waals surface area (Å²) in [5.41, 5.74) is 11.8.